The molecule has 18 heavy (non-hydrogen) atoms. The molecule has 0 aromatic heterocycles. The smallest absolute Gasteiger partial charge is 0.127 e. The van der Waals surface area contributed by atoms with Gasteiger partial charge < -0.3 is 4.90 Å². The summed E-state index contributed by atoms with van der Waals surface area (Å²) in [4.78, 5) is 2.03. The van der Waals surface area contributed by atoms with Crippen LogP contribution in [0.4, 0.5) is 4.39 Å². The van der Waals surface area contributed by atoms with Gasteiger partial charge in [-0.05, 0) is 38.1 Å². The predicted molar refractivity (Wildman–Crippen MR) is 72.3 cm³/mol. The van der Waals surface area contributed by atoms with Crippen molar-refractivity contribution >= 4 is 15.9 Å². The highest BCUT2D eigenvalue weighted by Crippen LogP contribution is 2.40. The molecule has 0 spiro atoms. The first-order chi connectivity index (χ1) is 8.54. The summed E-state index contributed by atoms with van der Waals surface area (Å²) < 4.78 is 14.5. The third-order valence-corrected chi connectivity index (χ3v) is 4.06. The molecular formula is C14H16BrFN2. The number of halogens is 2. The lowest BCUT2D eigenvalue weighted by molar-refractivity contribution is 0.133. The fraction of sp³-hybridized carbons (Fsp3) is 0.500. The molecule has 0 unspecified atom stereocenters. The van der Waals surface area contributed by atoms with Crippen LogP contribution in [-0.4, -0.2) is 18.5 Å². The van der Waals surface area contributed by atoms with Gasteiger partial charge in [0.1, 0.15) is 5.82 Å². The number of hydrogen-bond acceptors (Lipinski definition) is 2. The number of nitriles is 1. The van der Waals surface area contributed by atoms with Crippen molar-refractivity contribution in [3.05, 3.63) is 34.1 Å². The Hall–Kier alpha value is -0.920. The molecule has 1 aliphatic carbocycles. The van der Waals surface area contributed by atoms with Crippen molar-refractivity contribution < 1.29 is 4.39 Å². The molecule has 4 heteroatoms. The average molecular weight is 311 g/mol. The SMILES string of the molecule is CN(Cc1cc(Br)ccc1F)CC1(C#N)CCC1. The zero-order chi connectivity index (χ0) is 13.2. The van der Waals surface area contributed by atoms with Gasteiger partial charge in [0.2, 0.25) is 0 Å². The fourth-order valence-electron chi connectivity index (χ4n) is 2.44. The van der Waals surface area contributed by atoms with Gasteiger partial charge in [0, 0.05) is 23.1 Å². The third-order valence-electron chi connectivity index (χ3n) is 3.57. The van der Waals surface area contributed by atoms with Gasteiger partial charge in [0.05, 0.1) is 11.5 Å². The van der Waals surface area contributed by atoms with Crippen molar-refractivity contribution in [3.8, 4) is 6.07 Å². The molecule has 0 radical (unpaired) electrons. The molecule has 2 nitrogen and oxygen atoms in total. The standard InChI is InChI=1S/C14H16BrFN2/c1-18(10-14(9-17)5-2-6-14)8-11-7-12(15)3-4-13(11)16/h3-4,7H,2,5-6,8,10H2,1H3. The van der Waals surface area contributed by atoms with E-state index >= 15 is 0 Å². The lowest BCUT2D eigenvalue weighted by Crippen LogP contribution is -2.39. The summed E-state index contributed by atoms with van der Waals surface area (Å²) in [6, 6.07) is 7.38. The van der Waals surface area contributed by atoms with Gasteiger partial charge in [-0.25, -0.2) is 4.39 Å². The number of hydrogen-bond donors (Lipinski definition) is 0. The van der Waals surface area contributed by atoms with E-state index in [1.54, 1.807) is 12.1 Å². The third kappa shape index (κ3) is 2.90. The molecular weight excluding hydrogens is 295 g/mol. The van der Waals surface area contributed by atoms with Gasteiger partial charge in [0.15, 0.2) is 0 Å². The summed E-state index contributed by atoms with van der Waals surface area (Å²) >= 11 is 3.35. The first kappa shape index (κ1) is 13.5. The Morgan fingerprint density at radius 2 is 2.22 bits per heavy atom. The van der Waals surface area contributed by atoms with E-state index in [1.807, 2.05) is 11.9 Å². The van der Waals surface area contributed by atoms with Gasteiger partial charge in [-0.3, -0.25) is 0 Å². The number of benzene rings is 1. The maximum atomic E-state index is 13.6. The molecule has 0 amide bonds. The Kier molecular flexibility index (Phi) is 4.04. The first-order valence-corrected chi connectivity index (χ1v) is 6.88. The van der Waals surface area contributed by atoms with Crippen LogP contribution in [-0.2, 0) is 6.54 Å². The molecule has 0 aliphatic heterocycles. The second-order valence-electron chi connectivity index (χ2n) is 5.15. The highest BCUT2D eigenvalue weighted by Gasteiger charge is 2.38. The molecule has 1 fully saturated rings. The zero-order valence-corrected chi connectivity index (χ0v) is 12.0. The van der Waals surface area contributed by atoms with Crippen molar-refractivity contribution in [2.75, 3.05) is 13.6 Å². The minimum atomic E-state index is -0.197. The number of nitrogens with zero attached hydrogens (tertiary/aromatic N) is 2. The lowest BCUT2D eigenvalue weighted by atomic mass is 9.69. The molecule has 0 heterocycles. The minimum Gasteiger partial charge on any atom is -0.300 e. The maximum absolute atomic E-state index is 13.6. The van der Waals surface area contributed by atoms with Crippen LogP contribution >= 0.6 is 15.9 Å². The normalized spacial score (nSPS) is 17.3. The maximum Gasteiger partial charge on any atom is 0.127 e. The molecule has 1 aromatic rings. The molecule has 0 atom stereocenters. The second-order valence-corrected chi connectivity index (χ2v) is 6.07. The van der Waals surface area contributed by atoms with Crippen LogP contribution in [0.5, 0.6) is 0 Å². The van der Waals surface area contributed by atoms with E-state index in [1.165, 1.54) is 6.07 Å². The van der Waals surface area contributed by atoms with Crippen molar-refractivity contribution in [2.45, 2.75) is 25.8 Å². The summed E-state index contributed by atoms with van der Waals surface area (Å²) in [7, 11) is 1.94. The van der Waals surface area contributed by atoms with E-state index < -0.39 is 0 Å². The van der Waals surface area contributed by atoms with E-state index in [2.05, 4.69) is 22.0 Å². The molecule has 0 bridgehead atoms. The van der Waals surface area contributed by atoms with Crippen LogP contribution in [0.1, 0.15) is 24.8 Å². The Balaban J connectivity index is 2.01. The Morgan fingerprint density at radius 1 is 1.50 bits per heavy atom. The molecule has 0 saturated heterocycles. The highest BCUT2D eigenvalue weighted by molar-refractivity contribution is 9.10. The molecule has 0 N–H and O–H groups in total. The van der Waals surface area contributed by atoms with Gasteiger partial charge in [-0.1, -0.05) is 22.4 Å². The Morgan fingerprint density at radius 3 is 2.78 bits per heavy atom. The van der Waals surface area contributed by atoms with Gasteiger partial charge in [-0.2, -0.15) is 5.26 Å². The Bertz CT molecular complexity index is 477. The van der Waals surface area contributed by atoms with E-state index in [-0.39, 0.29) is 11.2 Å². The molecule has 1 aliphatic rings. The van der Waals surface area contributed by atoms with E-state index in [0.29, 0.717) is 12.1 Å². The lowest BCUT2D eigenvalue weighted by Gasteiger charge is -2.38. The van der Waals surface area contributed by atoms with Crippen LogP contribution in [0.25, 0.3) is 0 Å². The van der Waals surface area contributed by atoms with Crippen LogP contribution in [0.3, 0.4) is 0 Å². The number of rotatable bonds is 4. The fourth-order valence-corrected chi connectivity index (χ4v) is 2.85. The average Bonchev–Trinajstić information content (AvgIpc) is 2.28. The minimum absolute atomic E-state index is 0.190. The van der Waals surface area contributed by atoms with Crippen molar-refractivity contribution in [1.82, 2.24) is 4.90 Å². The Labute approximate surface area is 116 Å². The zero-order valence-electron chi connectivity index (χ0n) is 10.4. The summed E-state index contributed by atoms with van der Waals surface area (Å²) in [5.41, 5.74) is 0.469. The summed E-state index contributed by atoms with van der Waals surface area (Å²) in [6.07, 6.45) is 3.07. The largest absolute Gasteiger partial charge is 0.300 e. The van der Waals surface area contributed by atoms with Gasteiger partial charge in [0.25, 0.3) is 0 Å². The monoisotopic (exact) mass is 310 g/mol. The predicted octanol–water partition coefficient (Wildman–Crippen LogP) is 3.71. The molecule has 1 aromatic carbocycles. The van der Waals surface area contributed by atoms with E-state index in [0.717, 1.165) is 30.3 Å². The second kappa shape index (κ2) is 5.38. The molecule has 96 valence electrons. The van der Waals surface area contributed by atoms with Crippen LogP contribution in [0.15, 0.2) is 22.7 Å². The van der Waals surface area contributed by atoms with Crippen molar-refractivity contribution in [3.63, 3.8) is 0 Å². The summed E-state index contributed by atoms with van der Waals surface area (Å²) in [6.45, 7) is 1.25. The van der Waals surface area contributed by atoms with Crippen LogP contribution < -0.4 is 0 Å². The topological polar surface area (TPSA) is 27.0 Å². The molecule has 2 rings (SSSR count). The van der Waals surface area contributed by atoms with Crippen molar-refractivity contribution in [1.29, 1.82) is 5.26 Å². The highest BCUT2D eigenvalue weighted by atomic mass is 79.9. The summed E-state index contributed by atoms with van der Waals surface area (Å²) in [5, 5.41) is 9.19. The van der Waals surface area contributed by atoms with Gasteiger partial charge >= 0.3 is 0 Å². The van der Waals surface area contributed by atoms with Crippen LogP contribution in [0.2, 0.25) is 0 Å². The van der Waals surface area contributed by atoms with Gasteiger partial charge in [-0.15, -0.1) is 0 Å². The van der Waals surface area contributed by atoms with E-state index in [4.69, 9.17) is 0 Å². The van der Waals surface area contributed by atoms with Crippen LogP contribution in [0, 0.1) is 22.6 Å². The first-order valence-electron chi connectivity index (χ1n) is 6.08. The molecule has 1 saturated carbocycles. The van der Waals surface area contributed by atoms with Crippen molar-refractivity contribution in [2.24, 2.45) is 5.41 Å². The quantitative estimate of drug-likeness (QED) is 0.847. The van der Waals surface area contributed by atoms with E-state index in [9.17, 15) is 9.65 Å². The summed E-state index contributed by atoms with van der Waals surface area (Å²) in [5.74, 6) is -0.190.